The predicted octanol–water partition coefficient (Wildman–Crippen LogP) is 4.43. The maximum Gasteiger partial charge on any atom is 0.257 e. The molecule has 0 N–H and O–H groups in total. The zero-order valence-electron chi connectivity index (χ0n) is 14.4. The van der Waals surface area contributed by atoms with E-state index in [9.17, 15) is 4.79 Å². The second-order valence-corrected chi connectivity index (χ2v) is 8.38. The Morgan fingerprint density at radius 2 is 2.19 bits per heavy atom. The van der Waals surface area contributed by atoms with Crippen LogP contribution in [0.2, 0.25) is 0 Å². The van der Waals surface area contributed by atoms with Gasteiger partial charge in [0.2, 0.25) is 5.89 Å². The molecule has 1 aliphatic rings. The van der Waals surface area contributed by atoms with Crippen LogP contribution in [0.25, 0.3) is 21.0 Å². The van der Waals surface area contributed by atoms with Crippen molar-refractivity contribution >= 4 is 38.8 Å². The van der Waals surface area contributed by atoms with Crippen LogP contribution in [0.15, 0.2) is 45.6 Å². The smallest absolute Gasteiger partial charge is 0.257 e. The van der Waals surface area contributed by atoms with E-state index in [4.69, 9.17) is 4.42 Å². The maximum absolute atomic E-state index is 13.0. The second-order valence-electron chi connectivity index (χ2n) is 6.55. The minimum absolute atomic E-state index is 0.0491. The van der Waals surface area contributed by atoms with E-state index in [1.54, 1.807) is 28.2 Å². The lowest BCUT2D eigenvalue weighted by molar-refractivity contribution is 0.0698. The van der Waals surface area contributed by atoms with Gasteiger partial charge in [-0.05, 0) is 42.5 Å². The van der Waals surface area contributed by atoms with Crippen LogP contribution in [0.1, 0.15) is 35.0 Å². The molecule has 0 spiro atoms. The number of rotatable bonds is 3. The molecule has 4 aromatic rings. The quantitative estimate of drug-likeness (QED) is 0.512. The molecule has 8 heteroatoms. The van der Waals surface area contributed by atoms with E-state index in [0.717, 1.165) is 34.5 Å². The highest BCUT2D eigenvalue weighted by Gasteiger charge is 2.29. The standard InChI is InChI=1S/C19H16N4O2S2/c24-19(12-5-6-14-16(9-12)27-11-20-14)23-7-1-3-13(10-23)17-21-22-18(25-17)15-4-2-8-26-15/h2,4-6,8-9,11,13H,1,3,7,10H2/t13-/m1/s1. The summed E-state index contributed by atoms with van der Waals surface area (Å²) in [6, 6.07) is 9.63. The molecule has 0 saturated carbocycles. The van der Waals surface area contributed by atoms with Gasteiger partial charge in [-0.2, -0.15) is 0 Å². The van der Waals surface area contributed by atoms with Crippen LogP contribution in [0.3, 0.4) is 0 Å². The zero-order valence-corrected chi connectivity index (χ0v) is 16.0. The van der Waals surface area contributed by atoms with Gasteiger partial charge in [-0.25, -0.2) is 4.98 Å². The van der Waals surface area contributed by atoms with Crippen LogP contribution >= 0.6 is 22.7 Å². The number of nitrogens with zero attached hydrogens (tertiary/aromatic N) is 4. The largest absolute Gasteiger partial charge is 0.420 e. The number of aromatic nitrogens is 3. The average molecular weight is 396 g/mol. The normalized spacial score (nSPS) is 17.5. The van der Waals surface area contributed by atoms with Gasteiger partial charge in [0.15, 0.2) is 0 Å². The summed E-state index contributed by atoms with van der Waals surface area (Å²) >= 11 is 3.13. The number of likely N-dealkylation sites (tertiary alicyclic amines) is 1. The zero-order chi connectivity index (χ0) is 18.2. The molecule has 0 radical (unpaired) electrons. The molecule has 1 fully saturated rings. The Morgan fingerprint density at radius 3 is 3.07 bits per heavy atom. The van der Waals surface area contributed by atoms with Crippen molar-refractivity contribution in [3.63, 3.8) is 0 Å². The van der Waals surface area contributed by atoms with E-state index in [2.05, 4.69) is 15.2 Å². The molecule has 1 saturated heterocycles. The first-order valence-electron chi connectivity index (χ1n) is 8.78. The van der Waals surface area contributed by atoms with Crippen molar-refractivity contribution in [2.24, 2.45) is 0 Å². The molecule has 6 nitrogen and oxygen atoms in total. The first-order chi connectivity index (χ1) is 13.3. The van der Waals surface area contributed by atoms with Crippen LogP contribution in [-0.4, -0.2) is 39.1 Å². The van der Waals surface area contributed by atoms with Crippen LogP contribution in [-0.2, 0) is 0 Å². The van der Waals surface area contributed by atoms with Crippen LogP contribution < -0.4 is 0 Å². The summed E-state index contributed by atoms with van der Waals surface area (Å²) in [6.07, 6.45) is 1.87. The Hall–Kier alpha value is -2.58. The maximum atomic E-state index is 13.0. The van der Waals surface area contributed by atoms with E-state index in [0.29, 0.717) is 23.9 Å². The lowest BCUT2D eigenvalue weighted by atomic mass is 9.97. The predicted molar refractivity (Wildman–Crippen MR) is 105 cm³/mol. The third-order valence-corrected chi connectivity index (χ3v) is 6.46. The number of piperidine rings is 1. The first kappa shape index (κ1) is 16.6. The summed E-state index contributed by atoms with van der Waals surface area (Å²) < 4.78 is 6.93. The fourth-order valence-electron chi connectivity index (χ4n) is 3.43. The molecule has 136 valence electrons. The minimum Gasteiger partial charge on any atom is -0.420 e. The van der Waals surface area contributed by atoms with Crippen molar-refractivity contribution in [3.8, 4) is 10.8 Å². The van der Waals surface area contributed by atoms with Gasteiger partial charge in [0.25, 0.3) is 11.8 Å². The third-order valence-electron chi connectivity index (χ3n) is 4.81. The van der Waals surface area contributed by atoms with Crippen molar-refractivity contribution < 1.29 is 9.21 Å². The molecule has 3 aromatic heterocycles. The summed E-state index contributed by atoms with van der Waals surface area (Å²) in [5.41, 5.74) is 3.44. The third kappa shape index (κ3) is 3.15. The van der Waals surface area contributed by atoms with Crippen molar-refractivity contribution in [1.29, 1.82) is 0 Å². The lowest BCUT2D eigenvalue weighted by Crippen LogP contribution is -2.39. The molecule has 1 aromatic carbocycles. The second kappa shape index (κ2) is 6.86. The topological polar surface area (TPSA) is 72.1 Å². The molecular weight excluding hydrogens is 380 g/mol. The molecule has 27 heavy (non-hydrogen) atoms. The van der Waals surface area contributed by atoms with E-state index in [1.165, 1.54) is 0 Å². The summed E-state index contributed by atoms with van der Waals surface area (Å²) in [5.74, 6) is 1.30. The highest BCUT2D eigenvalue weighted by atomic mass is 32.1. The Bertz CT molecular complexity index is 1090. The number of hydrogen-bond donors (Lipinski definition) is 0. The number of hydrogen-bond acceptors (Lipinski definition) is 7. The highest BCUT2D eigenvalue weighted by molar-refractivity contribution is 7.16. The fourth-order valence-corrected chi connectivity index (χ4v) is 4.79. The molecule has 1 amide bonds. The molecule has 5 rings (SSSR count). The summed E-state index contributed by atoms with van der Waals surface area (Å²) in [4.78, 5) is 20.1. The first-order valence-corrected chi connectivity index (χ1v) is 10.5. The van der Waals surface area contributed by atoms with Crippen LogP contribution in [0, 0.1) is 0 Å². The van der Waals surface area contributed by atoms with Gasteiger partial charge < -0.3 is 9.32 Å². The summed E-state index contributed by atoms with van der Waals surface area (Å²) in [5, 5.41) is 10.4. The molecule has 0 bridgehead atoms. The Morgan fingerprint density at radius 1 is 1.22 bits per heavy atom. The summed E-state index contributed by atoms with van der Waals surface area (Å²) in [7, 11) is 0. The number of carbonyl (C=O) groups excluding carboxylic acids is 1. The Kier molecular flexibility index (Phi) is 4.21. The van der Waals surface area contributed by atoms with Crippen LogP contribution in [0.5, 0.6) is 0 Å². The van der Waals surface area contributed by atoms with Gasteiger partial charge in [-0.3, -0.25) is 4.79 Å². The molecular formula is C19H16N4O2S2. The fraction of sp³-hybridized carbons (Fsp3) is 0.263. The average Bonchev–Trinajstić information content (AvgIpc) is 3.47. The number of amides is 1. The number of thiophene rings is 1. The van der Waals surface area contributed by atoms with Crippen molar-refractivity contribution in [3.05, 3.63) is 52.7 Å². The lowest BCUT2D eigenvalue weighted by Gasteiger charge is -2.31. The number of thiazole rings is 1. The van der Waals surface area contributed by atoms with Gasteiger partial charge in [0.05, 0.1) is 26.5 Å². The van der Waals surface area contributed by atoms with E-state index in [-0.39, 0.29) is 11.8 Å². The van der Waals surface area contributed by atoms with Crippen LogP contribution in [0.4, 0.5) is 0 Å². The van der Waals surface area contributed by atoms with Crippen molar-refractivity contribution in [2.45, 2.75) is 18.8 Å². The Labute approximate surface area is 163 Å². The van der Waals surface area contributed by atoms with E-state index in [1.807, 2.05) is 40.6 Å². The van der Waals surface area contributed by atoms with Gasteiger partial charge >= 0.3 is 0 Å². The van der Waals surface area contributed by atoms with Gasteiger partial charge in [0, 0.05) is 18.7 Å². The molecule has 1 atom stereocenters. The van der Waals surface area contributed by atoms with E-state index < -0.39 is 0 Å². The van der Waals surface area contributed by atoms with Gasteiger partial charge in [-0.15, -0.1) is 32.9 Å². The number of benzene rings is 1. The van der Waals surface area contributed by atoms with Gasteiger partial charge in [-0.1, -0.05) is 6.07 Å². The van der Waals surface area contributed by atoms with Crippen molar-refractivity contribution in [2.75, 3.05) is 13.1 Å². The molecule has 0 aliphatic carbocycles. The Balaban J connectivity index is 1.35. The number of fused-ring (bicyclic) bond motifs is 1. The van der Waals surface area contributed by atoms with Crippen molar-refractivity contribution in [1.82, 2.24) is 20.1 Å². The summed E-state index contributed by atoms with van der Waals surface area (Å²) in [6.45, 7) is 1.35. The monoisotopic (exact) mass is 396 g/mol. The number of carbonyl (C=O) groups is 1. The molecule has 0 unspecified atom stereocenters. The van der Waals surface area contributed by atoms with Gasteiger partial charge in [0.1, 0.15) is 0 Å². The SMILES string of the molecule is O=C(c1ccc2ncsc2c1)N1CCC[C@@H](c2nnc(-c3cccs3)o2)C1. The highest BCUT2D eigenvalue weighted by Crippen LogP contribution is 2.31. The molecule has 4 heterocycles. The minimum atomic E-state index is 0.0491. The van der Waals surface area contributed by atoms with E-state index >= 15 is 0 Å². The molecule has 1 aliphatic heterocycles.